The van der Waals surface area contributed by atoms with Gasteiger partial charge in [-0.3, -0.25) is 0 Å². The predicted molar refractivity (Wildman–Crippen MR) is 83.4 cm³/mol. The van der Waals surface area contributed by atoms with E-state index in [1.807, 2.05) is 6.92 Å². The van der Waals surface area contributed by atoms with Crippen LogP contribution in [0.25, 0.3) is 0 Å². The van der Waals surface area contributed by atoms with Gasteiger partial charge < -0.3 is 9.47 Å². The highest BCUT2D eigenvalue weighted by Gasteiger charge is 2.13. The molecule has 0 saturated carbocycles. The van der Waals surface area contributed by atoms with Crippen molar-refractivity contribution < 1.29 is 9.47 Å². The topological polar surface area (TPSA) is 18.5 Å². The first-order valence-electron chi connectivity index (χ1n) is 8.44. The Bertz CT molecular complexity index is 182. The lowest BCUT2D eigenvalue weighted by atomic mass is 10.0. The molecule has 0 bridgehead atoms. The third-order valence-corrected chi connectivity index (χ3v) is 3.83. The van der Waals surface area contributed by atoms with Crippen LogP contribution in [-0.2, 0) is 9.47 Å². The van der Waals surface area contributed by atoms with Crippen LogP contribution in [0.2, 0.25) is 0 Å². The van der Waals surface area contributed by atoms with E-state index < -0.39 is 0 Å². The van der Waals surface area contributed by atoms with Crippen molar-refractivity contribution in [1.82, 2.24) is 0 Å². The van der Waals surface area contributed by atoms with E-state index in [2.05, 4.69) is 27.7 Å². The van der Waals surface area contributed by atoms with Gasteiger partial charge in [0.1, 0.15) is 0 Å². The minimum atomic E-state index is -0.0579. The molecule has 0 aromatic heterocycles. The number of hydrogen-bond donors (Lipinski definition) is 0. The van der Waals surface area contributed by atoms with Gasteiger partial charge in [0, 0.05) is 0 Å². The summed E-state index contributed by atoms with van der Waals surface area (Å²) >= 11 is 0. The number of ether oxygens (including phenoxy) is 2. The van der Waals surface area contributed by atoms with Crippen molar-refractivity contribution in [2.24, 2.45) is 5.92 Å². The molecule has 2 nitrogen and oxygen atoms in total. The van der Waals surface area contributed by atoms with Gasteiger partial charge in [0.15, 0.2) is 6.29 Å². The van der Waals surface area contributed by atoms with Gasteiger partial charge >= 0.3 is 0 Å². The van der Waals surface area contributed by atoms with E-state index in [0.717, 1.165) is 19.4 Å². The van der Waals surface area contributed by atoms with Crippen LogP contribution in [0.15, 0.2) is 0 Å². The second-order valence-corrected chi connectivity index (χ2v) is 5.63. The average molecular weight is 272 g/mol. The number of unbranched alkanes of at least 4 members (excludes halogenated alkanes) is 2. The van der Waals surface area contributed by atoms with Gasteiger partial charge in [-0.1, -0.05) is 59.8 Å². The molecule has 0 aromatic rings. The molecule has 0 saturated heterocycles. The molecule has 3 atom stereocenters. The maximum absolute atomic E-state index is 5.98. The van der Waals surface area contributed by atoms with Crippen molar-refractivity contribution in [2.45, 2.75) is 98.4 Å². The molecular weight excluding hydrogens is 236 g/mol. The molecular formula is C17H36O2. The normalized spacial score (nSPS) is 16.3. The van der Waals surface area contributed by atoms with Gasteiger partial charge in [0.05, 0.1) is 12.7 Å². The Morgan fingerprint density at radius 3 is 2.00 bits per heavy atom. The van der Waals surface area contributed by atoms with E-state index in [9.17, 15) is 0 Å². The molecule has 0 aromatic carbocycles. The largest absolute Gasteiger partial charge is 0.353 e. The molecule has 0 spiro atoms. The van der Waals surface area contributed by atoms with E-state index >= 15 is 0 Å². The summed E-state index contributed by atoms with van der Waals surface area (Å²) in [6, 6.07) is 0. The van der Waals surface area contributed by atoms with Crippen LogP contribution in [0.4, 0.5) is 0 Å². The van der Waals surface area contributed by atoms with Gasteiger partial charge in [0.25, 0.3) is 0 Å². The second kappa shape index (κ2) is 12.9. The van der Waals surface area contributed by atoms with E-state index in [0.29, 0.717) is 12.0 Å². The summed E-state index contributed by atoms with van der Waals surface area (Å²) < 4.78 is 11.9. The maximum Gasteiger partial charge on any atom is 0.155 e. The summed E-state index contributed by atoms with van der Waals surface area (Å²) in [7, 11) is 0. The van der Waals surface area contributed by atoms with E-state index in [1.165, 1.54) is 38.5 Å². The quantitative estimate of drug-likeness (QED) is 0.409. The Morgan fingerprint density at radius 2 is 1.47 bits per heavy atom. The Balaban J connectivity index is 3.83. The van der Waals surface area contributed by atoms with Crippen LogP contribution < -0.4 is 0 Å². The number of hydrogen-bond acceptors (Lipinski definition) is 2. The van der Waals surface area contributed by atoms with Crippen molar-refractivity contribution in [3.8, 4) is 0 Å². The van der Waals surface area contributed by atoms with E-state index in [1.54, 1.807) is 0 Å². The summed E-state index contributed by atoms with van der Waals surface area (Å²) in [6.07, 6.45) is 10.1. The molecule has 0 heterocycles. The zero-order chi connectivity index (χ0) is 14.5. The molecule has 0 aliphatic heterocycles. The van der Waals surface area contributed by atoms with Gasteiger partial charge in [0.2, 0.25) is 0 Å². The third kappa shape index (κ3) is 10.4. The molecule has 0 N–H and O–H groups in total. The van der Waals surface area contributed by atoms with Crippen molar-refractivity contribution in [3.05, 3.63) is 0 Å². The van der Waals surface area contributed by atoms with Crippen molar-refractivity contribution in [2.75, 3.05) is 6.61 Å². The molecule has 2 heteroatoms. The van der Waals surface area contributed by atoms with Crippen LogP contribution >= 0.6 is 0 Å². The minimum absolute atomic E-state index is 0.0579. The Labute approximate surface area is 121 Å². The predicted octanol–water partition coefficient (Wildman–Crippen LogP) is 5.55. The summed E-state index contributed by atoms with van der Waals surface area (Å²) in [5.74, 6) is 0.696. The molecule has 0 radical (unpaired) electrons. The average Bonchev–Trinajstić information content (AvgIpc) is 2.43. The molecule has 3 unspecified atom stereocenters. The fourth-order valence-corrected chi connectivity index (χ4v) is 2.28. The molecule has 0 rings (SSSR count). The molecule has 0 aliphatic rings. The smallest absolute Gasteiger partial charge is 0.155 e. The van der Waals surface area contributed by atoms with Gasteiger partial charge in [-0.15, -0.1) is 0 Å². The summed E-state index contributed by atoms with van der Waals surface area (Å²) in [6.45, 7) is 11.8. The first kappa shape index (κ1) is 18.9. The van der Waals surface area contributed by atoms with E-state index in [4.69, 9.17) is 9.47 Å². The summed E-state index contributed by atoms with van der Waals surface area (Å²) in [4.78, 5) is 0. The molecule has 0 amide bonds. The van der Waals surface area contributed by atoms with E-state index in [-0.39, 0.29) is 6.29 Å². The monoisotopic (exact) mass is 272 g/mol. The van der Waals surface area contributed by atoms with Crippen LogP contribution in [0, 0.1) is 5.92 Å². The zero-order valence-electron chi connectivity index (χ0n) is 13.9. The highest BCUT2D eigenvalue weighted by atomic mass is 16.7. The molecule has 19 heavy (non-hydrogen) atoms. The van der Waals surface area contributed by atoms with Crippen molar-refractivity contribution >= 4 is 0 Å². The summed E-state index contributed by atoms with van der Waals surface area (Å²) in [5, 5.41) is 0. The van der Waals surface area contributed by atoms with Gasteiger partial charge in [-0.25, -0.2) is 0 Å². The Kier molecular flexibility index (Phi) is 12.9. The number of rotatable bonds is 13. The SMILES string of the molecule is CCCCC(CC)COC(C)OC(CC)CCCC. The Hall–Kier alpha value is -0.0800. The standard InChI is InChI=1S/C17H36O2/c1-6-10-12-16(8-3)14-18-15(5)19-17(9-4)13-11-7-2/h15-17H,6-14H2,1-5H3. The highest BCUT2D eigenvalue weighted by Crippen LogP contribution is 2.16. The first-order chi connectivity index (χ1) is 9.17. The fraction of sp³-hybridized carbons (Fsp3) is 1.00. The maximum atomic E-state index is 5.98. The van der Waals surface area contributed by atoms with Gasteiger partial charge in [-0.05, 0) is 32.1 Å². The second-order valence-electron chi connectivity index (χ2n) is 5.63. The fourth-order valence-electron chi connectivity index (χ4n) is 2.28. The van der Waals surface area contributed by atoms with Crippen LogP contribution in [0.1, 0.15) is 86.0 Å². The molecule has 116 valence electrons. The molecule has 0 aliphatic carbocycles. The lowest BCUT2D eigenvalue weighted by molar-refractivity contribution is -0.168. The van der Waals surface area contributed by atoms with Crippen molar-refractivity contribution in [3.63, 3.8) is 0 Å². The van der Waals surface area contributed by atoms with Crippen LogP contribution in [-0.4, -0.2) is 19.0 Å². The van der Waals surface area contributed by atoms with Crippen molar-refractivity contribution in [1.29, 1.82) is 0 Å². The zero-order valence-corrected chi connectivity index (χ0v) is 13.9. The van der Waals surface area contributed by atoms with Crippen LogP contribution in [0.5, 0.6) is 0 Å². The molecule has 0 fully saturated rings. The lowest BCUT2D eigenvalue weighted by Gasteiger charge is -2.23. The van der Waals surface area contributed by atoms with Gasteiger partial charge in [-0.2, -0.15) is 0 Å². The summed E-state index contributed by atoms with van der Waals surface area (Å²) in [5.41, 5.74) is 0. The first-order valence-corrected chi connectivity index (χ1v) is 8.44. The Morgan fingerprint density at radius 1 is 0.842 bits per heavy atom. The third-order valence-electron chi connectivity index (χ3n) is 3.83. The lowest BCUT2D eigenvalue weighted by Crippen LogP contribution is -2.24. The minimum Gasteiger partial charge on any atom is -0.353 e. The highest BCUT2D eigenvalue weighted by molar-refractivity contribution is 4.58. The van der Waals surface area contributed by atoms with Crippen LogP contribution in [0.3, 0.4) is 0 Å².